The molecular weight excluding hydrogens is 206 g/mol. The number of nitrogens with two attached hydrogens (primary N) is 1. The molecule has 0 aromatic carbocycles. The topological polar surface area (TPSA) is 51.8 Å². The number of aromatic nitrogens is 2. The molecule has 2 N–H and O–H groups in total. The highest BCUT2D eigenvalue weighted by atomic mass is 32.2. The van der Waals surface area contributed by atoms with Gasteiger partial charge in [0.05, 0.1) is 5.75 Å². The molecule has 1 rings (SSSR count). The molecule has 1 heterocycles. The van der Waals surface area contributed by atoms with Crippen LogP contribution in [0.15, 0.2) is 12.4 Å². The Morgan fingerprint density at radius 1 is 1.40 bits per heavy atom. The van der Waals surface area contributed by atoms with Crippen LogP contribution in [-0.4, -0.2) is 21.8 Å². The Morgan fingerprint density at radius 2 is 2.07 bits per heavy atom. The maximum atomic E-state index is 5.70. The van der Waals surface area contributed by atoms with Crippen LogP contribution in [0.2, 0.25) is 0 Å². The third-order valence-electron chi connectivity index (χ3n) is 1.90. The van der Waals surface area contributed by atoms with Gasteiger partial charge in [-0.05, 0) is 31.1 Å². The Morgan fingerprint density at radius 3 is 2.60 bits per heavy atom. The van der Waals surface area contributed by atoms with Gasteiger partial charge in [0.1, 0.15) is 5.82 Å². The first-order valence-corrected chi connectivity index (χ1v) is 6.51. The monoisotopic (exact) mass is 225 g/mol. The molecule has 3 nitrogen and oxygen atoms in total. The quantitative estimate of drug-likeness (QED) is 0.752. The van der Waals surface area contributed by atoms with E-state index < -0.39 is 0 Å². The molecule has 0 aliphatic heterocycles. The summed E-state index contributed by atoms with van der Waals surface area (Å²) in [5.74, 6) is 3.00. The standard InChI is InChI=1S/C11H19N3S/c1-3-4-15-8-11-13-6-10(7-14-11)5-9(2)12/h6-7,9H,3-5,8,12H2,1-2H3. The number of thioether (sulfide) groups is 1. The van der Waals surface area contributed by atoms with Crippen molar-refractivity contribution in [2.75, 3.05) is 5.75 Å². The van der Waals surface area contributed by atoms with Crippen molar-refractivity contribution in [3.8, 4) is 0 Å². The highest BCUT2D eigenvalue weighted by Crippen LogP contribution is 2.09. The SMILES string of the molecule is CCCSCc1ncc(CC(C)N)cn1. The maximum Gasteiger partial charge on any atom is 0.138 e. The highest BCUT2D eigenvalue weighted by molar-refractivity contribution is 7.98. The van der Waals surface area contributed by atoms with Crippen LogP contribution in [0.5, 0.6) is 0 Å². The van der Waals surface area contributed by atoms with Crippen LogP contribution in [0.1, 0.15) is 31.7 Å². The molecule has 0 fully saturated rings. The number of hydrogen-bond acceptors (Lipinski definition) is 4. The van der Waals surface area contributed by atoms with Gasteiger partial charge in [-0.2, -0.15) is 11.8 Å². The minimum Gasteiger partial charge on any atom is -0.328 e. The first-order chi connectivity index (χ1) is 7.22. The Kier molecular flexibility index (Phi) is 5.65. The average Bonchev–Trinajstić information content (AvgIpc) is 2.20. The van der Waals surface area contributed by atoms with Crippen molar-refractivity contribution in [3.63, 3.8) is 0 Å². The van der Waals surface area contributed by atoms with Crippen molar-refractivity contribution in [1.82, 2.24) is 9.97 Å². The minimum absolute atomic E-state index is 0.175. The number of rotatable bonds is 6. The van der Waals surface area contributed by atoms with Gasteiger partial charge < -0.3 is 5.73 Å². The molecule has 1 unspecified atom stereocenters. The van der Waals surface area contributed by atoms with Gasteiger partial charge in [0.2, 0.25) is 0 Å². The third kappa shape index (κ3) is 5.14. The molecule has 1 atom stereocenters. The zero-order valence-electron chi connectivity index (χ0n) is 9.44. The molecule has 0 amide bonds. The van der Waals surface area contributed by atoms with Gasteiger partial charge in [0, 0.05) is 18.4 Å². The summed E-state index contributed by atoms with van der Waals surface area (Å²) in [6.07, 6.45) is 5.83. The summed E-state index contributed by atoms with van der Waals surface area (Å²) in [5.41, 5.74) is 6.82. The molecule has 0 spiro atoms. The predicted molar refractivity (Wildman–Crippen MR) is 65.8 cm³/mol. The summed E-state index contributed by atoms with van der Waals surface area (Å²) < 4.78 is 0. The lowest BCUT2D eigenvalue weighted by molar-refractivity contribution is 0.730. The van der Waals surface area contributed by atoms with Crippen LogP contribution in [0.3, 0.4) is 0 Å². The van der Waals surface area contributed by atoms with Crippen molar-refractivity contribution in [2.24, 2.45) is 5.73 Å². The summed E-state index contributed by atoms with van der Waals surface area (Å²) in [7, 11) is 0. The maximum absolute atomic E-state index is 5.70. The van der Waals surface area contributed by atoms with Crippen LogP contribution in [0.4, 0.5) is 0 Å². The zero-order chi connectivity index (χ0) is 11.1. The van der Waals surface area contributed by atoms with E-state index in [9.17, 15) is 0 Å². The Labute approximate surface area is 95.9 Å². The summed E-state index contributed by atoms with van der Waals surface area (Å²) in [6.45, 7) is 4.17. The molecule has 0 saturated heterocycles. The minimum atomic E-state index is 0.175. The van der Waals surface area contributed by atoms with Gasteiger partial charge in [-0.15, -0.1) is 0 Å². The smallest absolute Gasteiger partial charge is 0.138 e. The third-order valence-corrected chi connectivity index (χ3v) is 3.06. The van der Waals surface area contributed by atoms with Gasteiger partial charge in [0.15, 0.2) is 0 Å². The van der Waals surface area contributed by atoms with Gasteiger partial charge in [-0.25, -0.2) is 9.97 Å². The van der Waals surface area contributed by atoms with Crippen LogP contribution in [0, 0.1) is 0 Å². The van der Waals surface area contributed by atoms with Crippen molar-refractivity contribution >= 4 is 11.8 Å². The molecule has 0 bridgehead atoms. The predicted octanol–water partition coefficient (Wildman–Crippen LogP) is 2.01. The Bertz CT molecular complexity index is 272. The van der Waals surface area contributed by atoms with Crippen molar-refractivity contribution in [3.05, 3.63) is 23.8 Å². The van der Waals surface area contributed by atoms with Gasteiger partial charge >= 0.3 is 0 Å². The van der Waals surface area contributed by atoms with Crippen molar-refractivity contribution in [1.29, 1.82) is 0 Å². The van der Waals surface area contributed by atoms with Crippen LogP contribution in [-0.2, 0) is 12.2 Å². The first-order valence-electron chi connectivity index (χ1n) is 5.35. The first kappa shape index (κ1) is 12.5. The van der Waals surface area contributed by atoms with Crippen LogP contribution in [0.25, 0.3) is 0 Å². The lowest BCUT2D eigenvalue weighted by Gasteiger charge is -2.04. The van der Waals surface area contributed by atoms with Gasteiger partial charge in [-0.1, -0.05) is 6.92 Å². The van der Waals surface area contributed by atoms with E-state index in [1.54, 1.807) is 0 Å². The van der Waals surface area contributed by atoms with Gasteiger partial charge in [0.25, 0.3) is 0 Å². The molecular formula is C11H19N3S. The van der Waals surface area contributed by atoms with E-state index in [0.717, 1.165) is 23.6 Å². The number of nitrogens with zero attached hydrogens (tertiary/aromatic N) is 2. The molecule has 15 heavy (non-hydrogen) atoms. The molecule has 0 radical (unpaired) electrons. The second-order valence-electron chi connectivity index (χ2n) is 3.74. The fourth-order valence-corrected chi connectivity index (χ4v) is 2.01. The van der Waals surface area contributed by atoms with E-state index in [-0.39, 0.29) is 6.04 Å². The van der Waals surface area contributed by atoms with E-state index in [1.165, 1.54) is 12.2 Å². The second kappa shape index (κ2) is 6.80. The van der Waals surface area contributed by atoms with Crippen molar-refractivity contribution in [2.45, 2.75) is 38.5 Å². The van der Waals surface area contributed by atoms with E-state index in [2.05, 4.69) is 16.9 Å². The molecule has 1 aromatic rings. The molecule has 4 heteroatoms. The Hall–Kier alpha value is -0.610. The molecule has 0 aliphatic carbocycles. The molecule has 1 aromatic heterocycles. The fourth-order valence-electron chi connectivity index (χ4n) is 1.24. The summed E-state index contributed by atoms with van der Waals surface area (Å²) in [4.78, 5) is 8.63. The molecule has 84 valence electrons. The number of hydrogen-bond donors (Lipinski definition) is 1. The molecule has 0 aliphatic rings. The summed E-state index contributed by atoms with van der Waals surface area (Å²) >= 11 is 1.88. The lowest BCUT2D eigenvalue weighted by atomic mass is 10.1. The normalized spacial score (nSPS) is 12.7. The zero-order valence-corrected chi connectivity index (χ0v) is 10.3. The van der Waals surface area contributed by atoms with E-state index in [1.807, 2.05) is 31.1 Å². The van der Waals surface area contributed by atoms with E-state index in [0.29, 0.717) is 0 Å². The Balaban J connectivity index is 2.42. The highest BCUT2D eigenvalue weighted by Gasteiger charge is 2.00. The van der Waals surface area contributed by atoms with Crippen LogP contribution >= 0.6 is 11.8 Å². The molecule has 0 saturated carbocycles. The fraction of sp³-hybridized carbons (Fsp3) is 0.636. The summed E-state index contributed by atoms with van der Waals surface area (Å²) in [5, 5.41) is 0. The average molecular weight is 225 g/mol. The second-order valence-corrected chi connectivity index (χ2v) is 4.85. The van der Waals surface area contributed by atoms with Gasteiger partial charge in [-0.3, -0.25) is 0 Å². The largest absolute Gasteiger partial charge is 0.328 e. The van der Waals surface area contributed by atoms with E-state index in [4.69, 9.17) is 5.73 Å². The van der Waals surface area contributed by atoms with Crippen LogP contribution < -0.4 is 5.73 Å². The van der Waals surface area contributed by atoms with E-state index >= 15 is 0 Å². The lowest BCUT2D eigenvalue weighted by Crippen LogP contribution is -2.18. The van der Waals surface area contributed by atoms with Crippen molar-refractivity contribution < 1.29 is 0 Å². The summed E-state index contributed by atoms with van der Waals surface area (Å²) in [6, 6.07) is 0.175.